The molecule has 22 heavy (non-hydrogen) atoms. The lowest BCUT2D eigenvalue weighted by Gasteiger charge is -2.21. The summed E-state index contributed by atoms with van der Waals surface area (Å²) >= 11 is 0. The molecule has 2 heterocycles. The van der Waals surface area contributed by atoms with E-state index in [0.29, 0.717) is 23.1 Å². The van der Waals surface area contributed by atoms with Gasteiger partial charge in [0.2, 0.25) is 0 Å². The van der Waals surface area contributed by atoms with Gasteiger partial charge in [0.15, 0.2) is 0 Å². The Kier molecular flexibility index (Phi) is 4.29. The van der Waals surface area contributed by atoms with E-state index in [1.165, 1.54) is 0 Å². The largest absolute Gasteiger partial charge is 0.351 e. The topological polar surface area (TPSA) is 87.5 Å². The smallest absolute Gasteiger partial charge is 0.316 e. The van der Waals surface area contributed by atoms with Crippen molar-refractivity contribution in [3.63, 3.8) is 0 Å². The summed E-state index contributed by atoms with van der Waals surface area (Å²) in [4.78, 5) is 25.5. The lowest BCUT2D eigenvalue weighted by Crippen LogP contribution is -2.32. The van der Waals surface area contributed by atoms with Crippen molar-refractivity contribution < 1.29 is 9.59 Å². The summed E-state index contributed by atoms with van der Waals surface area (Å²) in [5.74, 6) is 1.42. The Balaban J connectivity index is 1.69. The van der Waals surface area contributed by atoms with Gasteiger partial charge >= 0.3 is 6.03 Å². The molecule has 0 bridgehead atoms. The summed E-state index contributed by atoms with van der Waals surface area (Å²) in [6.45, 7) is 3.75. The molecule has 0 aliphatic carbocycles. The van der Waals surface area contributed by atoms with E-state index in [1.54, 1.807) is 24.3 Å². The Morgan fingerprint density at radius 2 is 1.86 bits per heavy atom. The van der Waals surface area contributed by atoms with E-state index in [0.717, 1.165) is 39.0 Å². The summed E-state index contributed by atoms with van der Waals surface area (Å²) in [6.07, 6.45) is 2.12. The quantitative estimate of drug-likeness (QED) is 0.768. The van der Waals surface area contributed by atoms with Crippen LogP contribution in [-0.2, 0) is 0 Å². The second-order valence-electron chi connectivity index (χ2n) is 6.12. The highest BCUT2D eigenvalue weighted by molar-refractivity contribution is 5.96. The van der Waals surface area contributed by atoms with Gasteiger partial charge < -0.3 is 21.3 Å². The number of hydrogen-bond acceptors (Lipinski definition) is 3. The summed E-state index contributed by atoms with van der Waals surface area (Å²) in [5, 5.41) is 5.95. The molecule has 6 heteroatoms. The van der Waals surface area contributed by atoms with Crippen LogP contribution in [0.3, 0.4) is 0 Å². The molecule has 6 nitrogen and oxygen atoms in total. The van der Waals surface area contributed by atoms with Gasteiger partial charge in [-0.15, -0.1) is 0 Å². The first-order valence-corrected chi connectivity index (χ1v) is 7.80. The lowest BCUT2D eigenvalue weighted by atomic mass is 9.92. The van der Waals surface area contributed by atoms with E-state index in [9.17, 15) is 9.59 Å². The minimum atomic E-state index is -0.625. The first-order valence-electron chi connectivity index (χ1n) is 7.80. The molecule has 2 saturated heterocycles. The predicted octanol–water partition coefficient (Wildman–Crippen LogP) is 1.25. The average Bonchev–Trinajstić information content (AvgIpc) is 2.85. The van der Waals surface area contributed by atoms with Gasteiger partial charge in [-0.2, -0.15) is 0 Å². The fourth-order valence-corrected chi connectivity index (χ4v) is 3.48. The third-order valence-electron chi connectivity index (χ3n) is 4.68. The van der Waals surface area contributed by atoms with E-state index >= 15 is 0 Å². The number of nitrogens with zero attached hydrogens (tertiary/aromatic N) is 1. The zero-order valence-electron chi connectivity index (χ0n) is 12.5. The fourth-order valence-electron chi connectivity index (χ4n) is 3.48. The molecule has 2 atom stereocenters. The molecule has 2 fully saturated rings. The zero-order valence-corrected chi connectivity index (χ0v) is 12.5. The van der Waals surface area contributed by atoms with E-state index in [4.69, 9.17) is 5.73 Å². The van der Waals surface area contributed by atoms with Crippen molar-refractivity contribution in [2.45, 2.75) is 12.8 Å². The van der Waals surface area contributed by atoms with Crippen molar-refractivity contribution in [3.8, 4) is 0 Å². The number of benzene rings is 1. The number of primary amides is 1. The van der Waals surface area contributed by atoms with Crippen LogP contribution < -0.4 is 16.4 Å². The third kappa shape index (κ3) is 3.22. The van der Waals surface area contributed by atoms with Gasteiger partial charge in [0, 0.05) is 24.3 Å². The highest BCUT2D eigenvalue weighted by Gasteiger charge is 2.31. The maximum absolute atomic E-state index is 12.7. The number of nitrogens with one attached hydrogen (secondary N) is 2. The van der Waals surface area contributed by atoms with Gasteiger partial charge in [0.05, 0.1) is 0 Å². The van der Waals surface area contributed by atoms with E-state index in [2.05, 4.69) is 10.6 Å². The Bertz CT molecular complexity index is 561. The second-order valence-corrected chi connectivity index (χ2v) is 6.12. The van der Waals surface area contributed by atoms with E-state index in [1.807, 2.05) is 4.90 Å². The van der Waals surface area contributed by atoms with Gasteiger partial charge in [-0.05, 0) is 56.0 Å². The number of fused-ring (bicyclic) bond motifs is 1. The molecular formula is C16H22N4O2. The maximum Gasteiger partial charge on any atom is 0.316 e. The van der Waals surface area contributed by atoms with Crippen molar-refractivity contribution in [3.05, 3.63) is 29.8 Å². The number of hydrogen-bond donors (Lipinski definition) is 3. The van der Waals surface area contributed by atoms with Gasteiger partial charge in [-0.25, -0.2) is 4.79 Å². The average molecular weight is 302 g/mol. The summed E-state index contributed by atoms with van der Waals surface area (Å²) < 4.78 is 0. The number of anilines is 1. The first kappa shape index (κ1) is 14.8. The summed E-state index contributed by atoms with van der Waals surface area (Å²) in [5.41, 5.74) is 6.26. The number of carbonyl (C=O) groups is 2. The van der Waals surface area contributed by atoms with Crippen LogP contribution in [0.5, 0.6) is 0 Å². The number of rotatable bonds is 2. The normalized spacial score (nSPS) is 24.5. The molecule has 0 spiro atoms. The van der Waals surface area contributed by atoms with Crippen LogP contribution in [0.2, 0.25) is 0 Å². The standard InChI is InChI=1S/C16H22N4O2/c17-16(22)19-14-3-1-2-11(8-14)15(21)20-6-4-12-9-18-10-13(12)5-7-20/h1-3,8,12-13,18H,4-7,9-10H2,(H3,17,19,22)/t12-,13+. The SMILES string of the molecule is NC(=O)Nc1cccc(C(=O)N2CC[C@@H]3CNC[C@@H]3CC2)c1. The molecule has 4 N–H and O–H groups in total. The minimum Gasteiger partial charge on any atom is -0.351 e. The molecule has 0 aromatic heterocycles. The summed E-state index contributed by atoms with van der Waals surface area (Å²) in [6, 6.07) is 6.32. The van der Waals surface area contributed by atoms with Crippen LogP contribution in [0.1, 0.15) is 23.2 Å². The monoisotopic (exact) mass is 302 g/mol. The zero-order chi connectivity index (χ0) is 15.5. The number of urea groups is 1. The fraction of sp³-hybridized carbons (Fsp3) is 0.500. The number of amides is 3. The lowest BCUT2D eigenvalue weighted by molar-refractivity contribution is 0.0758. The number of likely N-dealkylation sites (tertiary alicyclic amines) is 1. The molecule has 118 valence electrons. The molecule has 0 saturated carbocycles. The summed E-state index contributed by atoms with van der Waals surface area (Å²) in [7, 11) is 0. The third-order valence-corrected chi connectivity index (χ3v) is 4.68. The Morgan fingerprint density at radius 3 is 2.50 bits per heavy atom. The minimum absolute atomic E-state index is 0.0288. The van der Waals surface area contributed by atoms with Crippen molar-refractivity contribution in [2.75, 3.05) is 31.5 Å². The molecule has 2 aliphatic rings. The van der Waals surface area contributed by atoms with Gasteiger partial charge in [0.25, 0.3) is 5.91 Å². The Morgan fingerprint density at radius 1 is 1.18 bits per heavy atom. The maximum atomic E-state index is 12.7. The molecule has 0 unspecified atom stereocenters. The van der Waals surface area contributed by atoms with Crippen LogP contribution in [0.25, 0.3) is 0 Å². The molecule has 2 aliphatic heterocycles. The molecular weight excluding hydrogens is 280 g/mol. The Hall–Kier alpha value is -2.08. The predicted molar refractivity (Wildman–Crippen MR) is 84.6 cm³/mol. The van der Waals surface area contributed by atoms with E-state index < -0.39 is 6.03 Å². The van der Waals surface area contributed by atoms with Crippen LogP contribution in [0, 0.1) is 11.8 Å². The highest BCUT2D eigenvalue weighted by Crippen LogP contribution is 2.27. The van der Waals surface area contributed by atoms with Crippen LogP contribution in [0.4, 0.5) is 10.5 Å². The van der Waals surface area contributed by atoms with Crippen molar-refractivity contribution in [2.24, 2.45) is 17.6 Å². The molecule has 3 amide bonds. The van der Waals surface area contributed by atoms with Crippen molar-refractivity contribution in [1.29, 1.82) is 0 Å². The number of carbonyl (C=O) groups excluding carboxylic acids is 2. The van der Waals surface area contributed by atoms with Crippen LogP contribution in [-0.4, -0.2) is 43.0 Å². The molecule has 3 rings (SSSR count). The van der Waals surface area contributed by atoms with Gasteiger partial charge in [-0.3, -0.25) is 4.79 Å². The molecule has 0 radical (unpaired) electrons. The second kappa shape index (κ2) is 6.36. The van der Waals surface area contributed by atoms with Crippen LogP contribution >= 0.6 is 0 Å². The molecule has 1 aromatic rings. The van der Waals surface area contributed by atoms with Gasteiger partial charge in [-0.1, -0.05) is 6.07 Å². The number of nitrogens with two attached hydrogens (primary N) is 1. The molecule has 1 aromatic carbocycles. The van der Waals surface area contributed by atoms with Crippen molar-refractivity contribution >= 4 is 17.6 Å². The first-order chi connectivity index (χ1) is 10.6. The highest BCUT2D eigenvalue weighted by atomic mass is 16.2. The van der Waals surface area contributed by atoms with Gasteiger partial charge in [0.1, 0.15) is 0 Å². The van der Waals surface area contributed by atoms with E-state index in [-0.39, 0.29) is 5.91 Å². The van der Waals surface area contributed by atoms with Crippen molar-refractivity contribution in [1.82, 2.24) is 10.2 Å². The Labute approximate surface area is 130 Å². The van der Waals surface area contributed by atoms with Crippen LogP contribution in [0.15, 0.2) is 24.3 Å².